The molecule has 1 heterocycles. The molecule has 2 rings (SSSR count). The SMILES string of the molecule is O=C(O)N1CCC(CO)(c2cccc(Cl)c2)CC1. The van der Waals surface area contributed by atoms with Gasteiger partial charge < -0.3 is 15.1 Å². The molecule has 0 spiro atoms. The molecule has 0 radical (unpaired) electrons. The lowest BCUT2D eigenvalue weighted by Crippen LogP contribution is -2.46. The fourth-order valence-electron chi connectivity index (χ4n) is 2.48. The van der Waals surface area contributed by atoms with Crippen LogP contribution in [0.5, 0.6) is 0 Å². The Balaban J connectivity index is 2.21. The van der Waals surface area contributed by atoms with Crippen LogP contribution < -0.4 is 0 Å². The summed E-state index contributed by atoms with van der Waals surface area (Å²) in [5.74, 6) is 0. The maximum absolute atomic E-state index is 10.9. The first-order chi connectivity index (χ1) is 8.57. The highest BCUT2D eigenvalue weighted by atomic mass is 35.5. The van der Waals surface area contributed by atoms with E-state index in [1.807, 2.05) is 18.2 Å². The number of carbonyl (C=O) groups is 1. The third-order valence-electron chi connectivity index (χ3n) is 3.73. The van der Waals surface area contributed by atoms with Crippen molar-refractivity contribution >= 4 is 17.7 Å². The maximum atomic E-state index is 10.9. The second-order valence-corrected chi connectivity index (χ2v) is 5.15. The second-order valence-electron chi connectivity index (χ2n) is 4.72. The highest BCUT2D eigenvalue weighted by molar-refractivity contribution is 6.30. The number of halogens is 1. The molecule has 0 aliphatic carbocycles. The smallest absolute Gasteiger partial charge is 0.407 e. The molecule has 18 heavy (non-hydrogen) atoms. The summed E-state index contributed by atoms with van der Waals surface area (Å²) in [4.78, 5) is 12.3. The van der Waals surface area contributed by atoms with Crippen LogP contribution in [0.4, 0.5) is 4.79 Å². The van der Waals surface area contributed by atoms with E-state index in [-0.39, 0.29) is 12.0 Å². The number of nitrogens with zero attached hydrogens (tertiary/aromatic N) is 1. The minimum atomic E-state index is -0.896. The number of carboxylic acid groups (broad SMARTS) is 1. The third-order valence-corrected chi connectivity index (χ3v) is 3.97. The molecule has 0 unspecified atom stereocenters. The second kappa shape index (κ2) is 5.16. The Morgan fingerprint density at radius 1 is 1.39 bits per heavy atom. The fraction of sp³-hybridized carbons (Fsp3) is 0.462. The van der Waals surface area contributed by atoms with E-state index in [1.165, 1.54) is 4.90 Å². The Hall–Kier alpha value is -1.26. The molecule has 5 heteroatoms. The lowest BCUT2D eigenvalue weighted by molar-refractivity contribution is 0.0894. The van der Waals surface area contributed by atoms with Gasteiger partial charge in [0.25, 0.3) is 0 Å². The van der Waals surface area contributed by atoms with Gasteiger partial charge in [0.2, 0.25) is 0 Å². The molecular weight excluding hydrogens is 254 g/mol. The van der Waals surface area contributed by atoms with Gasteiger partial charge >= 0.3 is 6.09 Å². The number of aliphatic hydroxyl groups is 1. The van der Waals surface area contributed by atoms with Gasteiger partial charge in [0.1, 0.15) is 0 Å². The van der Waals surface area contributed by atoms with Gasteiger partial charge in [-0.25, -0.2) is 4.79 Å². The summed E-state index contributed by atoms with van der Waals surface area (Å²) in [6.45, 7) is 0.908. The van der Waals surface area contributed by atoms with Crippen LogP contribution in [0.2, 0.25) is 5.02 Å². The molecule has 1 saturated heterocycles. The zero-order chi connectivity index (χ0) is 13.2. The lowest BCUT2D eigenvalue weighted by atomic mass is 9.73. The summed E-state index contributed by atoms with van der Waals surface area (Å²) in [6, 6.07) is 7.45. The van der Waals surface area contributed by atoms with Gasteiger partial charge in [-0.2, -0.15) is 0 Å². The Bertz CT molecular complexity index is 442. The Kier molecular flexibility index (Phi) is 3.78. The summed E-state index contributed by atoms with van der Waals surface area (Å²) >= 11 is 5.98. The third kappa shape index (κ3) is 2.44. The first-order valence-electron chi connectivity index (χ1n) is 5.92. The topological polar surface area (TPSA) is 60.8 Å². The van der Waals surface area contributed by atoms with E-state index >= 15 is 0 Å². The molecule has 0 bridgehead atoms. The average Bonchev–Trinajstić information content (AvgIpc) is 2.38. The molecule has 0 saturated carbocycles. The van der Waals surface area contributed by atoms with Crippen LogP contribution in [0.25, 0.3) is 0 Å². The number of hydrogen-bond acceptors (Lipinski definition) is 2. The van der Waals surface area contributed by atoms with Gasteiger partial charge in [0, 0.05) is 23.5 Å². The summed E-state index contributed by atoms with van der Waals surface area (Å²) in [7, 11) is 0. The van der Waals surface area contributed by atoms with Crippen molar-refractivity contribution in [3.8, 4) is 0 Å². The molecule has 0 aromatic heterocycles. The standard InChI is InChI=1S/C13H16ClNO3/c14-11-3-1-2-10(8-11)13(9-16)4-6-15(7-5-13)12(17)18/h1-3,8,16H,4-7,9H2,(H,17,18). The molecule has 1 amide bonds. The summed E-state index contributed by atoms with van der Waals surface area (Å²) in [5.41, 5.74) is 0.624. The molecule has 1 aliphatic heterocycles. The molecule has 1 aromatic rings. The number of benzene rings is 1. The van der Waals surface area contributed by atoms with Crippen LogP contribution in [0.1, 0.15) is 18.4 Å². The Morgan fingerprint density at radius 3 is 2.56 bits per heavy atom. The minimum absolute atomic E-state index is 0.0147. The molecule has 1 aliphatic rings. The van der Waals surface area contributed by atoms with E-state index in [2.05, 4.69) is 0 Å². The summed E-state index contributed by atoms with van der Waals surface area (Å²) < 4.78 is 0. The molecule has 2 N–H and O–H groups in total. The van der Waals surface area contributed by atoms with Crippen molar-refractivity contribution < 1.29 is 15.0 Å². The minimum Gasteiger partial charge on any atom is -0.465 e. The lowest BCUT2D eigenvalue weighted by Gasteiger charge is -2.40. The molecule has 98 valence electrons. The van der Waals surface area contributed by atoms with Gasteiger partial charge in [0.05, 0.1) is 6.61 Å². The van der Waals surface area contributed by atoms with Crippen molar-refractivity contribution in [3.05, 3.63) is 34.9 Å². The number of piperidine rings is 1. The predicted molar refractivity (Wildman–Crippen MR) is 69.0 cm³/mol. The number of hydrogen-bond donors (Lipinski definition) is 2. The van der Waals surface area contributed by atoms with Crippen molar-refractivity contribution in [2.75, 3.05) is 19.7 Å². The fourth-order valence-corrected chi connectivity index (χ4v) is 2.67. The normalized spacial score (nSPS) is 18.7. The average molecular weight is 270 g/mol. The molecule has 1 aromatic carbocycles. The van der Waals surface area contributed by atoms with Crippen molar-refractivity contribution in [1.82, 2.24) is 4.90 Å². The van der Waals surface area contributed by atoms with Crippen LogP contribution in [0.15, 0.2) is 24.3 Å². The van der Waals surface area contributed by atoms with E-state index in [0.717, 1.165) is 5.56 Å². The van der Waals surface area contributed by atoms with Crippen LogP contribution in [-0.4, -0.2) is 40.9 Å². The molecule has 4 nitrogen and oxygen atoms in total. The highest BCUT2D eigenvalue weighted by Gasteiger charge is 2.37. The number of aliphatic hydroxyl groups excluding tert-OH is 1. The van der Waals surface area contributed by atoms with E-state index in [4.69, 9.17) is 16.7 Å². The van der Waals surface area contributed by atoms with Gasteiger partial charge in [-0.1, -0.05) is 23.7 Å². The highest BCUT2D eigenvalue weighted by Crippen LogP contribution is 2.36. The van der Waals surface area contributed by atoms with E-state index in [0.29, 0.717) is 31.0 Å². The molecular formula is C13H16ClNO3. The van der Waals surface area contributed by atoms with Crippen molar-refractivity contribution in [2.45, 2.75) is 18.3 Å². The number of rotatable bonds is 2. The zero-order valence-electron chi connectivity index (χ0n) is 9.97. The van der Waals surface area contributed by atoms with E-state index < -0.39 is 6.09 Å². The van der Waals surface area contributed by atoms with Crippen LogP contribution in [0, 0.1) is 0 Å². The van der Waals surface area contributed by atoms with Gasteiger partial charge in [0.15, 0.2) is 0 Å². The van der Waals surface area contributed by atoms with Crippen LogP contribution >= 0.6 is 11.6 Å². The van der Waals surface area contributed by atoms with Crippen molar-refractivity contribution in [1.29, 1.82) is 0 Å². The molecule has 0 atom stereocenters. The Morgan fingerprint density at radius 2 is 2.06 bits per heavy atom. The van der Waals surface area contributed by atoms with Gasteiger partial charge in [-0.05, 0) is 30.5 Å². The quantitative estimate of drug-likeness (QED) is 0.866. The van der Waals surface area contributed by atoms with E-state index in [9.17, 15) is 9.90 Å². The maximum Gasteiger partial charge on any atom is 0.407 e. The molecule has 1 fully saturated rings. The van der Waals surface area contributed by atoms with Gasteiger partial charge in [-0.3, -0.25) is 0 Å². The monoisotopic (exact) mass is 269 g/mol. The number of likely N-dealkylation sites (tertiary alicyclic amines) is 1. The Labute approximate surface area is 111 Å². The van der Waals surface area contributed by atoms with Crippen LogP contribution in [-0.2, 0) is 5.41 Å². The number of amides is 1. The first kappa shape index (κ1) is 13.2. The first-order valence-corrected chi connectivity index (χ1v) is 6.30. The van der Waals surface area contributed by atoms with Crippen molar-refractivity contribution in [2.24, 2.45) is 0 Å². The largest absolute Gasteiger partial charge is 0.465 e. The van der Waals surface area contributed by atoms with Crippen molar-refractivity contribution in [3.63, 3.8) is 0 Å². The predicted octanol–water partition coefficient (Wildman–Crippen LogP) is 2.34. The summed E-state index contributed by atoms with van der Waals surface area (Å²) in [5, 5.41) is 19.3. The zero-order valence-corrected chi connectivity index (χ0v) is 10.7. The van der Waals surface area contributed by atoms with E-state index in [1.54, 1.807) is 6.07 Å². The van der Waals surface area contributed by atoms with Crippen LogP contribution in [0.3, 0.4) is 0 Å². The van der Waals surface area contributed by atoms with Gasteiger partial charge in [-0.15, -0.1) is 0 Å². The summed E-state index contributed by atoms with van der Waals surface area (Å²) in [6.07, 6.45) is 0.347.